The van der Waals surface area contributed by atoms with Gasteiger partial charge in [-0.3, -0.25) is 14.6 Å². The quantitative estimate of drug-likeness (QED) is 0.189. The molecule has 0 unspecified atom stereocenters. The second-order valence-electron chi connectivity index (χ2n) is 9.41. The van der Waals surface area contributed by atoms with E-state index >= 15 is 0 Å². The molecule has 2 aromatic heterocycles. The lowest BCUT2D eigenvalue weighted by Crippen LogP contribution is -2.25. The SMILES string of the molecule is CNC(=O)c1cc(Oc2ccc(Nc3ncc(CN(C=O)C4CC4)c(N(C)c4cccc(N)c4)n3)cc2)ccn1. The van der Waals surface area contributed by atoms with Gasteiger partial charge in [-0.05, 0) is 61.4 Å². The number of amides is 2. The van der Waals surface area contributed by atoms with Gasteiger partial charge >= 0.3 is 0 Å². The molecule has 0 spiro atoms. The van der Waals surface area contributed by atoms with Crippen LogP contribution in [0.5, 0.6) is 11.5 Å². The number of nitrogens with zero attached hydrogens (tertiary/aromatic N) is 5. The van der Waals surface area contributed by atoms with Gasteiger partial charge in [-0.1, -0.05) is 6.07 Å². The standard InChI is InChI=1S/C29H30N8O3/c1-31-28(39)26-15-25(12-13-32-26)40-24-10-6-21(7-11-24)34-29-33-16-19(17-37(18-38)22-8-9-22)27(35-29)36(2)23-5-3-4-20(30)14-23/h3-7,10-16,18,22H,8-9,17,30H2,1-2H3,(H,31,39)(H,33,34,35). The zero-order valence-corrected chi connectivity index (χ0v) is 22.2. The zero-order valence-electron chi connectivity index (χ0n) is 22.2. The topological polar surface area (TPSA) is 139 Å². The van der Waals surface area contributed by atoms with Gasteiger partial charge in [-0.2, -0.15) is 4.98 Å². The number of pyridine rings is 1. The molecule has 11 heteroatoms. The number of nitrogen functional groups attached to an aromatic ring is 1. The van der Waals surface area contributed by atoms with E-state index in [1.54, 1.807) is 42.4 Å². The number of carbonyl (C=O) groups is 2. The second-order valence-corrected chi connectivity index (χ2v) is 9.41. The smallest absolute Gasteiger partial charge is 0.269 e. The monoisotopic (exact) mass is 538 g/mol. The van der Waals surface area contributed by atoms with Crippen LogP contribution in [0.3, 0.4) is 0 Å². The lowest BCUT2D eigenvalue weighted by atomic mass is 10.2. The van der Waals surface area contributed by atoms with Crippen molar-refractivity contribution < 1.29 is 14.3 Å². The highest BCUT2D eigenvalue weighted by molar-refractivity contribution is 5.92. The van der Waals surface area contributed by atoms with E-state index in [0.29, 0.717) is 35.5 Å². The maximum Gasteiger partial charge on any atom is 0.269 e. The Hall–Kier alpha value is -5.19. The van der Waals surface area contributed by atoms with E-state index in [1.807, 2.05) is 48.3 Å². The van der Waals surface area contributed by atoms with Crippen LogP contribution in [0.25, 0.3) is 0 Å². The maximum atomic E-state index is 11.8. The van der Waals surface area contributed by atoms with Crippen molar-refractivity contribution in [2.75, 3.05) is 30.0 Å². The fourth-order valence-electron chi connectivity index (χ4n) is 4.17. The molecule has 11 nitrogen and oxygen atoms in total. The summed E-state index contributed by atoms with van der Waals surface area (Å²) in [5.41, 5.74) is 9.39. The van der Waals surface area contributed by atoms with E-state index in [0.717, 1.165) is 36.2 Å². The summed E-state index contributed by atoms with van der Waals surface area (Å²) in [6, 6.07) is 18.4. The van der Waals surface area contributed by atoms with Crippen molar-refractivity contribution in [1.29, 1.82) is 0 Å². The van der Waals surface area contributed by atoms with Gasteiger partial charge in [-0.15, -0.1) is 0 Å². The van der Waals surface area contributed by atoms with E-state index in [2.05, 4.69) is 20.6 Å². The van der Waals surface area contributed by atoms with E-state index in [1.165, 1.54) is 6.20 Å². The Kier molecular flexibility index (Phi) is 7.72. The first-order chi connectivity index (χ1) is 19.4. The molecule has 1 fully saturated rings. The van der Waals surface area contributed by atoms with Crippen LogP contribution in [-0.4, -0.2) is 52.3 Å². The molecule has 4 aromatic rings. The fraction of sp³-hybridized carbons (Fsp3) is 0.207. The Morgan fingerprint density at radius 1 is 1.10 bits per heavy atom. The molecule has 0 radical (unpaired) electrons. The van der Waals surface area contributed by atoms with Crippen LogP contribution in [-0.2, 0) is 11.3 Å². The predicted molar refractivity (Wildman–Crippen MR) is 153 cm³/mol. The van der Waals surface area contributed by atoms with E-state index in [4.69, 9.17) is 15.5 Å². The van der Waals surface area contributed by atoms with Crippen LogP contribution in [0.15, 0.2) is 73.1 Å². The Labute approximate surface area is 232 Å². The van der Waals surface area contributed by atoms with Crippen LogP contribution < -0.4 is 26.0 Å². The van der Waals surface area contributed by atoms with Crippen LogP contribution in [0.4, 0.5) is 28.8 Å². The number of nitrogens with one attached hydrogen (secondary N) is 2. The van der Waals surface area contributed by atoms with Gasteiger partial charge < -0.3 is 30.9 Å². The number of nitrogens with two attached hydrogens (primary N) is 1. The van der Waals surface area contributed by atoms with Gasteiger partial charge in [0.15, 0.2) is 0 Å². The molecule has 0 aliphatic heterocycles. The molecule has 204 valence electrons. The highest BCUT2D eigenvalue weighted by atomic mass is 16.5. The van der Waals surface area contributed by atoms with E-state index in [-0.39, 0.29) is 17.6 Å². The predicted octanol–water partition coefficient (Wildman–Crippen LogP) is 4.24. The van der Waals surface area contributed by atoms with Gasteiger partial charge in [0.1, 0.15) is 23.0 Å². The molecular formula is C29H30N8O3. The fourth-order valence-corrected chi connectivity index (χ4v) is 4.17. The summed E-state index contributed by atoms with van der Waals surface area (Å²) in [7, 11) is 3.46. The molecular weight excluding hydrogens is 508 g/mol. The molecule has 1 aliphatic carbocycles. The summed E-state index contributed by atoms with van der Waals surface area (Å²) in [5, 5.41) is 5.78. The maximum absolute atomic E-state index is 11.8. The molecule has 2 heterocycles. The molecule has 5 rings (SSSR count). The molecule has 2 aromatic carbocycles. The van der Waals surface area contributed by atoms with E-state index < -0.39 is 0 Å². The Balaban J connectivity index is 1.35. The van der Waals surface area contributed by atoms with Crippen molar-refractivity contribution in [3.05, 3.63) is 84.3 Å². The molecule has 40 heavy (non-hydrogen) atoms. The van der Waals surface area contributed by atoms with Crippen molar-refractivity contribution in [2.45, 2.75) is 25.4 Å². The third-order valence-corrected chi connectivity index (χ3v) is 6.46. The average molecular weight is 539 g/mol. The first kappa shape index (κ1) is 26.4. The van der Waals surface area contributed by atoms with E-state index in [9.17, 15) is 9.59 Å². The molecule has 0 atom stereocenters. The number of hydrogen-bond acceptors (Lipinski definition) is 9. The molecule has 0 bridgehead atoms. The molecule has 0 saturated heterocycles. The van der Waals surface area contributed by atoms with Crippen LogP contribution >= 0.6 is 0 Å². The Morgan fingerprint density at radius 3 is 2.60 bits per heavy atom. The van der Waals surface area contributed by atoms with Crippen LogP contribution in [0.2, 0.25) is 0 Å². The minimum Gasteiger partial charge on any atom is -0.457 e. The summed E-state index contributed by atoms with van der Waals surface area (Å²) in [6.45, 7) is 0.416. The summed E-state index contributed by atoms with van der Waals surface area (Å²) >= 11 is 0. The van der Waals surface area contributed by atoms with Crippen molar-refractivity contribution in [2.24, 2.45) is 0 Å². The van der Waals surface area contributed by atoms with Crippen molar-refractivity contribution >= 4 is 41.1 Å². The molecule has 2 amide bonds. The largest absolute Gasteiger partial charge is 0.457 e. The third-order valence-electron chi connectivity index (χ3n) is 6.46. The number of ether oxygens (including phenoxy) is 1. The zero-order chi connectivity index (χ0) is 28.1. The lowest BCUT2D eigenvalue weighted by molar-refractivity contribution is -0.119. The Morgan fingerprint density at radius 2 is 1.90 bits per heavy atom. The third kappa shape index (κ3) is 6.26. The highest BCUT2D eigenvalue weighted by Gasteiger charge is 2.29. The lowest BCUT2D eigenvalue weighted by Gasteiger charge is -2.24. The van der Waals surface area contributed by atoms with Crippen molar-refractivity contribution in [3.63, 3.8) is 0 Å². The average Bonchev–Trinajstić information content (AvgIpc) is 3.82. The molecule has 1 saturated carbocycles. The Bertz CT molecular complexity index is 1510. The van der Waals surface area contributed by atoms with Gasteiger partial charge in [0, 0.05) is 61.2 Å². The van der Waals surface area contributed by atoms with Gasteiger partial charge in [-0.25, -0.2) is 4.98 Å². The minimum absolute atomic E-state index is 0.268. The van der Waals surface area contributed by atoms with Gasteiger partial charge in [0.25, 0.3) is 5.91 Å². The summed E-state index contributed by atoms with van der Waals surface area (Å²) < 4.78 is 5.89. The van der Waals surface area contributed by atoms with Gasteiger partial charge in [0.2, 0.25) is 12.4 Å². The van der Waals surface area contributed by atoms with Gasteiger partial charge in [0.05, 0.1) is 6.54 Å². The van der Waals surface area contributed by atoms with Crippen LogP contribution in [0.1, 0.15) is 28.9 Å². The molecule has 4 N–H and O–H groups in total. The number of rotatable bonds is 11. The van der Waals surface area contributed by atoms with Crippen LogP contribution in [0, 0.1) is 0 Å². The van der Waals surface area contributed by atoms with Crippen molar-refractivity contribution in [3.8, 4) is 11.5 Å². The number of carbonyl (C=O) groups excluding carboxylic acids is 2. The number of aromatic nitrogens is 3. The number of benzene rings is 2. The summed E-state index contributed by atoms with van der Waals surface area (Å²) in [4.78, 5) is 40.7. The summed E-state index contributed by atoms with van der Waals surface area (Å²) in [6.07, 6.45) is 6.18. The highest BCUT2D eigenvalue weighted by Crippen LogP contribution is 2.32. The number of anilines is 5. The second kappa shape index (κ2) is 11.7. The first-order valence-corrected chi connectivity index (χ1v) is 12.8. The minimum atomic E-state index is -0.289. The first-order valence-electron chi connectivity index (χ1n) is 12.8. The van der Waals surface area contributed by atoms with Crippen molar-refractivity contribution in [1.82, 2.24) is 25.2 Å². The normalized spacial score (nSPS) is 12.3. The number of hydrogen-bond donors (Lipinski definition) is 3. The summed E-state index contributed by atoms with van der Waals surface area (Å²) in [5.74, 6) is 1.87. The molecule has 1 aliphatic rings.